The maximum atomic E-state index is 11.6. The molecule has 0 saturated carbocycles. The Labute approximate surface area is 102 Å². The van der Waals surface area contributed by atoms with Crippen LogP contribution in [0.1, 0.15) is 26.7 Å². The van der Waals surface area contributed by atoms with Gasteiger partial charge in [0, 0.05) is 18.2 Å². The minimum atomic E-state index is -0.532. The highest BCUT2D eigenvalue weighted by molar-refractivity contribution is 7.80. The first-order chi connectivity index (χ1) is 7.38. The normalized spacial score (nSPS) is 14.6. The van der Waals surface area contributed by atoms with Gasteiger partial charge in [-0.1, -0.05) is 13.8 Å². The van der Waals surface area contributed by atoms with E-state index >= 15 is 0 Å². The number of carbonyl (C=O) groups is 2. The van der Waals surface area contributed by atoms with Gasteiger partial charge in [0.15, 0.2) is 0 Å². The second kappa shape index (κ2) is 7.51. The molecule has 0 rings (SSSR count). The van der Waals surface area contributed by atoms with Gasteiger partial charge in [-0.25, -0.2) is 0 Å². The van der Waals surface area contributed by atoms with E-state index in [4.69, 9.17) is 11.5 Å². The Kier molecular flexibility index (Phi) is 7.16. The molecule has 0 fully saturated rings. The summed E-state index contributed by atoms with van der Waals surface area (Å²) in [5.74, 6) is -0.0477. The second-order valence-electron chi connectivity index (χ2n) is 4.16. The fourth-order valence-electron chi connectivity index (χ4n) is 1.13. The molecule has 0 saturated heterocycles. The number of hydrogen-bond acceptors (Lipinski definition) is 4. The number of nitrogens with one attached hydrogen (secondary N) is 1. The SMILES string of the molecule is CC(C)[C@H](N)C(=O)N[C@H](CS)CCC(N)=O. The summed E-state index contributed by atoms with van der Waals surface area (Å²) < 4.78 is 0. The van der Waals surface area contributed by atoms with Crippen LogP contribution in [0.2, 0.25) is 0 Å². The Balaban J connectivity index is 4.11. The average Bonchev–Trinajstić information content (AvgIpc) is 2.22. The van der Waals surface area contributed by atoms with E-state index in [2.05, 4.69) is 17.9 Å². The molecule has 5 nitrogen and oxygen atoms in total. The molecular formula is C10H21N3O2S. The summed E-state index contributed by atoms with van der Waals surface area (Å²) in [6, 6.07) is -0.691. The predicted octanol–water partition coefficient (Wildman–Crippen LogP) is -0.350. The third-order valence-electron chi connectivity index (χ3n) is 2.33. The average molecular weight is 247 g/mol. The van der Waals surface area contributed by atoms with Crippen molar-refractivity contribution in [1.29, 1.82) is 0 Å². The molecule has 0 aliphatic rings. The number of thiol groups is 1. The monoisotopic (exact) mass is 247 g/mol. The van der Waals surface area contributed by atoms with Crippen molar-refractivity contribution in [3.8, 4) is 0 Å². The van der Waals surface area contributed by atoms with Crippen molar-refractivity contribution in [3.05, 3.63) is 0 Å². The molecule has 0 spiro atoms. The van der Waals surface area contributed by atoms with Crippen molar-refractivity contribution in [3.63, 3.8) is 0 Å². The summed E-state index contributed by atoms with van der Waals surface area (Å²) in [5.41, 5.74) is 10.7. The highest BCUT2D eigenvalue weighted by Gasteiger charge is 2.20. The number of carbonyl (C=O) groups excluding carboxylic acids is 2. The fourth-order valence-corrected chi connectivity index (χ4v) is 1.40. The number of nitrogens with two attached hydrogens (primary N) is 2. The zero-order chi connectivity index (χ0) is 12.7. The lowest BCUT2D eigenvalue weighted by Gasteiger charge is -2.20. The minimum absolute atomic E-state index is 0.0803. The number of amides is 2. The molecule has 0 bridgehead atoms. The van der Waals surface area contributed by atoms with E-state index in [-0.39, 0.29) is 30.2 Å². The van der Waals surface area contributed by atoms with Gasteiger partial charge in [0.05, 0.1) is 6.04 Å². The molecule has 5 N–H and O–H groups in total. The van der Waals surface area contributed by atoms with Crippen molar-refractivity contribution in [2.75, 3.05) is 5.75 Å². The molecule has 16 heavy (non-hydrogen) atoms. The zero-order valence-corrected chi connectivity index (χ0v) is 10.7. The van der Waals surface area contributed by atoms with E-state index in [1.165, 1.54) is 0 Å². The predicted molar refractivity (Wildman–Crippen MR) is 67.0 cm³/mol. The van der Waals surface area contributed by atoms with Crippen molar-refractivity contribution in [2.45, 2.75) is 38.8 Å². The summed E-state index contributed by atoms with van der Waals surface area (Å²) in [5, 5.41) is 2.76. The van der Waals surface area contributed by atoms with Crippen LogP contribution in [0.4, 0.5) is 0 Å². The molecule has 0 unspecified atom stereocenters. The summed E-state index contributed by atoms with van der Waals surface area (Å²) in [4.78, 5) is 22.2. The fraction of sp³-hybridized carbons (Fsp3) is 0.800. The first-order valence-corrected chi connectivity index (χ1v) is 5.96. The second-order valence-corrected chi connectivity index (χ2v) is 4.53. The maximum Gasteiger partial charge on any atom is 0.237 e. The van der Waals surface area contributed by atoms with Crippen LogP contribution >= 0.6 is 12.6 Å². The highest BCUT2D eigenvalue weighted by Crippen LogP contribution is 2.03. The molecule has 2 amide bonds. The molecule has 0 aromatic rings. The quantitative estimate of drug-likeness (QED) is 0.463. The number of rotatable bonds is 7. The van der Waals surface area contributed by atoms with Gasteiger partial charge in [-0.15, -0.1) is 0 Å². The lowest BCUT2D eigenvalue weighted by atomic mass is 10.0. The van der Waals surface area contributed by atoms with Gasteiger partial charge in [-0.2, -0.15) is 12.6 Å². The Morgan fingerprint density at radius 3 is 2.31 bits per heavy atom. The van der Waals surface area contributed by atoms with Crippen molar-refractivity contribution in [1.82, 2.24) is 5.32 Å². The van der Waals surface area contributed by atoms with Crippen LogP contribution in [0.3, 0.4) is 0 Å². The zero-order valence-electron chi connectivity index (χ0n) is 9.77. The van der Waals surface area contributed by atoms with E-state index in [1.807, 2.05) is 13.8 Å². The summed E-state index contributed by atoms with van der Waals surface area (Å²) in [6.07, 6.45) is 0.734. The van der Waals surface area contributed by atoms with Crippen molar-refractivity contribution in [2.24, 2.45) is 17.4 Å². The van der Waals surface area contributed by atoms with Gasteiger partial charge < -0.3 is 16.8 Å². The third-order valence-corrected chi connectivity index (χ3v) is 2.77. The third kappa shape index (κ3) is 5.97. The highest BCUT2D eigenvalue weighted by atomic mass is 32.1. The van der Waals surface area contributed by atoms with Gasteiger partial charge in [-0.05, 0) is 12.3 Å². The molecule has 0 aliphatic carbocycles. The molecule has 2 atom stereocenters. The molecule has 0 radical (unpaired) electrons. The summed E-state index contributed by atoms with van der Waals surface area (Å²) in [6.45, 7) is 3.76. The molecule has 0 heterocycles. The Morgan fingerprint density at radius 1 is 1.38 bits per heavy atom. The molecule has 6 heteroatoms. The van der Waals surface area contributed by atoms with E-state index in [0.29, 0.717) is 12.2 Å². The van der Waals surface area contributed by atoms with Crippen molar-refractivity contribution < 1.29 is 9.59 Å². The number of hydrogen-bond donors (Lipinski definition) is 4. The maximum absolute atomic E-state index is 11.6. The van der Waals surface area contributed by atoms with E-state index in [9.17, 15) is 9.59 Å². The van der Waals surface area contributed by atoms with Crippen LogP contribution in [0.15, 0.2) is 0 Å². The van der Waals surface area contributed by atoms with Crippen LogP contribution in [-0.2, 0) is 9.59 Å². The molecule has 0 aliphatic heterocycles. The van der Waals surface area contributed by atoms with Gasteiger partial charge in [0.1, 0.15) is 0 Å². The van der Waals surface area contributed by atoms with Gasteiger partial charge >= 0.3 is 0 Å². The van der Waals surface area contributed by atoms with E-state index < -0.39 is 6.04 Å². The first-order valence-electron chi connectivity index (χ1n) is 5.33. The van der Waals surface area contributed by atoms with Crippen LogP contribution in [0, 0.1) is 5.92 Å². The van der Waals surface area contributed by atoms with E-state index in [0.717, 1.165) is 0 Å². The Morgan fingerprint density at radius 2 is 1.94 bits per heavy atom. The minimum Gasteiger partial charge on any atom is -0.370 e. The largest absolute Gasteiger partial charge is 0.370 e. The molecule has 94 valence electrons. The molecule has 0 aromatic heterocycles. The molecule has 0 aromatic carbocycles. The Bertz CT molecular complexity index is 246. The van der Waals surface area contributed by atoms with Gasteiger partial charge in [0.25, 0.3) is 0 Å². The van der Waals surface area contributed by atoms with Gasteiger partial charge in [-0.3, -0.25) is 9.59 Å². The van der Waals surface area contributed by atoms with Crippen LogP contribution < -0.4 is 16.8 Å². The van der Waals surface area contributed by atoms with Gasteiger partial charge in [0.2, 0.25) is 11.8 Å². The smallest absolute Gasteiger partial charge is 0.237 e. The summed E-state index contributed by atoms with van der Waals surface area (Å²) >= 11 is 4.11. The summed E-state index contributed by atoms with van der Waals surface area (Å²) in [7, 11) is 0. The lowest BCUT2D eigenvalue weighted by Crippen LogP contribution is -2.48. The van der Waals surface area contributed by atoms with Crippen LogP contribution in [0.5, 0.6) is 0 Å². The lowest BCUT2D eigenvalue weighted by molar-refractivity contribution is -0.124. The van der Waals surface area contributed by atoms with Crippen molar-refractivity contribution >= 4 is 24.4 Å². The van der Waals surface area contributed by atoms with E-state index in [1.54, 1.807) is 0 Å². The van der Waals surface area contributed by atoms with Crippen LogP contribution in [0.25, 0.3) is 0 Å². The standard InChI is InChI=1S/C10H21N3O2S/c1-6(2)9(12)10(15)13-7(5-16)3-4-8(11)14/h6-7,9,16H,3-5,12H2,1-2H3,(H2,11,14)(H,13,15)/t7-,9-/m0/s1. The molecular weight excluding hydrogens is 226 g/mol. The number of primary amides is 1. The Hall–Kier alpha value is -0.750. The van der Waals surface area contributed by atoms with Crippen LogP contribution in [-0.4, -0.2) is 29.7 Å². The topological polar surface area (TPSA) is 98.2 Å². The first kappa shape index (κ1) is 15.2.